The van der Waals surface area contributed by atoms with Crippen LogP contribution in [-0.4, -0.2) is 35.4 Å². The molecule has 1 aliphatic carbocycles. The molecule has 0 radical (unpaired) electrons. The van der Waals surface area contributed by atoms with E-state index < -0.39 is 0 Å². The minimum Gasteiger partial charge on any atom is -0.370 e. The Hall–Kier alpha value is -1.81. The van der Waals surface area contributed by atoms with E-state index in [2.05, 4.69) is 41.3 Å². The van der Waals surface area contributed by atoms with Gasteiger partial charge < -0.3 is 15.6 Å². The fourth-order valence-corrected chi connectivity index (χ4v) is 4.49. The lowest BCUT2D eigenvalue weighted by Crippen LogP contribution is -2.48. The first-order valence-electron chi connectivity index (χ1n) is 7.71. The lowest BCUT2D eigenvalue weighted by Gasteiger charge is -2.45. The highest BCUT2D eigenvalue weighted by Gasteiger charge is 2.39. The molecule has 110 valence electrons. The van der Waals surface area contributed by atoms with E-state index in [1.165, 1.54) is 22.0 Å². The van der Waals surface area contributed by atoms with E-state index in [1.807, 2.05) is 0 Å². The summed E-state index contributed by atoms with van der Waals surface area (Å²) in [6, 6.07) is 7.09. The van der Waals surface area contributed by atoms with Crippen molar-refractivity contribution in [2.75, 3.05) is 13.6 Å². The van der Waals surface area contributed by atoms with E-state index in [9.17, 15) is 4.79 Å². The number of likely N-dealkylation sites (tertiary alicyclic amines) is 1. The first kappa shape index (κ1) is 12.9. The van der Waals surface area contributed by atoms with Gasteiger partial charge in [-0.2, -0.15) is 0 Å². The number of nitrogens with zero attached hydrogens (tertiary/aromatic N) is 1. The molecule has 4 nitrogen and oxygen atoms in total. The second-order valence-corrected chi connectivity index (χ2v) is 6.67. The number of piperidine rings is 1. The SMILES string of the molecule is CN1C[C@@H](CC(N)=O)C[C@H]2c3cccc4[nH]cc(c34)CC21. The molecule has 1 amide bonds. The van der Waals surface area contributed by atoms with Gasteiger partial charge in [0, 0.05) is 42.0 Å². The van der Waals surface area contributed by atoms with Crippen molar-refractivity contribution >= 4 is 16.8 Å². The number of nitrogens with one attached hydrogen (secondary N) is 1. The first-order chi connectivity index (χ1) is 10.1. The Balaban J connectivity index is 1.76. The summed E-state index contributed by atoms with van der Waals surface area (Å²) in [5, 5.41) is 1.41. The minimum absolute atomic E-state index is 0.178. The summed E-state index contributed by atoms with van der Waals surface area (Å²) in [5.74, 6) is 0.716. The van der Waals surface area contributed by atoms with Gasteiger partial charge in [-0.1, -0.05) is 12.1 Å². The van der Waals surface area contributed by atoms with Crippen molar-refractivity contribution in [1.82, 2.24) is 9.88 Å². The number of hydrogen-bond acceptors (Lipinski definition) is 2. The quantitative estimate of drug-likeness (QED) is 0.885. The number of likely N-dealkylation sites (N-methyl/N-ethyl adjacent to an activating group) is 1. The first-order valence-corrected chi connectivity index (χ1v) is 7.71. The molecule has 1 fully saturated rings. The van der Waals surface area contributed by atoms with Crippen molar-refractivity contribution < 1.29 is 4.79 Å². The van der Waals surface area contributed by atoms with Crippen LogP contribution in [0.1, 0.15) is 29.9 Å². The number of amides is 1. The second-order valence-electron chi connectivity index (χ2n) is 6.67. The van der Waals surface area contributed by atoms with Crippen LogP contribution in [0.4, 0.5) is 0 Å². The van der Waals surface area contributed by atoms with Gasteiger partial charge in [-0.05, 0) is 43.0 Å². The van der Waals surface area contributed by atoms with Gasteiger partial charge >= 0.3 is 0 Å². The molecule has 2 aliphatic rings. The van der Waals surface area contributed by atoms with Gasteiger partial charge in [-0.3, -0.25) is 4.79 Å². The lowest BCUT2D eigenvalue weighted by atomic mass is 9.72. The van der Waals surface area contributed by atoms with Gasteiger partial charge in [0.1, 0.15) is 0 Å². The largest absolute Gasteiger partial charge is 0.370 e. The van der Waals surface area contributed by atoms with Crippen LogP contribution in [0.15, 0.2) is 24.4 Å². The van der Waals surface area contributed by atoms with E-state index in [0.29, 0.717) is 24.3 Å². The van der Waals surface area contributed by atoms with Crippen LogP contribution in [0, 0.1) is 5.92 Å². The van der Waals surface area contributed by atoms with E-state index in [0.717, 1.165) is 19.4 Å². The molecule has 0 spiro atoms. The third-order valence-corrected chi connectivity index (χ3v) is 5.30. The lowest BCUT2D eigenvalue weighted by molar-refractivity contribution is -0.119. The molecule has 1 aromatic carbocycles. The zero-order chi connectivity index (χ0) is 14.6. The molecule has 1 aliphatic heterocycles. The number of aromatic nitrogens is 1. The molecular weight excluding hydrogens is 262 g/mol. The molecule has 4 rings (SSSR count). The highest BCUT2D eigenvalue weighted by molar-refractivity contribution is 5.88. The van der Waals surface area contributed by atoms with Gasteiger partial charge in [0.05, 0.1) is 0 Å². The number of nitrogens with two attached hydrogens (primary N) is 1. The third-order valence-electron chi connectivity index (χ3n) is 5.30. The topological polar surface area (TPSA) is 62.1 Å². The maximum absolute atomic E-state index is 11.3. The van der Waals surface area contributed by atoms with Crippen molar-refractivity contribution in [3.63, 3.8) is 0 Å². The maximum Gasteiger partial charge on any atom is 0.217 e. The summed E-state index contributed by atoms with van der Waals surface area (Å²) in [6.45, 7) is 0.972. The average molecular weight is 283 g/mol. The summed E-state index contributed by atoms with van der Waals surface area (Å²) >= 11 is 0. The van der Waals surface area contributed by atoms with Gasteiger partial charge in [0.2, 0.25) is 5.91 Å². The zero-order valence-electron chi connectivity index (χ0n) is 12.3. The fourth-order valence-electron chi connectivity index (χ4n) is 4.49. The van der Waals surface area contributed by atoms with Crippen LogP contribution < -0.4 is 5.73 Å². The van der Waals surface area contributed by atoms with E-state index >= 15 is 0 Å². The molecule has 1 saturated heterocycles. The zero-order valence-corrected chi connectivity index (χ0v) is 12.3. The number of rotatable bonds is 2. The number of H-pyrrole nitrogens is 1. The van der Waals surface area contributed by atoms with Crippen LogP contribution in [0.5, 0.6) is 0 Å². The van der Waals surface area contributed by atoms with Crippen LogP contribution in [-0.2, 0) is 11.2 Å². The predicted octanol–water partition coefficient (Wildman–Crippen LogP) is 2.00. The van der Waals surface area contributed by atoms with Crippen molar-refractivity contribution in [2.24, 2.45) is 11.7 Å². The Morgan fingerprint density at radius 1 is 1.48 bits per heavy atom. The van der Waals surface area contributed by atoms with Crippen molar-refractivity contribution in [3.8, 4) is 0 Å². The summed E-state index contributed by atoms with van der Waals surface area (Å²) in [4.78, 5) is 17.1. The van der Waals surface area contributed by atoms with Crippen molar-refractivity contribution in [3.05, 3.63) is 35.5 Å². The Kier molecular flexibility index (Phi) is 2.82. The van der Waals surface area contributed by atoms with Crippen LogP contribution >= 0.6 is 0 Å². The Morgan fingerprint density at radius 3 is 3.14 bits per heavy atom. The molecule has 2 aromatic rings. The minimum atomic E-state index is -0.178. The summed E-state index contributed by atoms with van der Waals surface area (Å²) < 4.78 is 0. The standard InChI is InChI=1S/C17H21N3O/c1-20-9-10(6-16(18)21)5-13-12-3-2-4-14-17(12)11(8-19-14)7-15(13)20/h2-4,8,10,13,15,19H,5-7,9H2,1H3,(H2,18,21)/t10-,13+,15?/m1/s1. The molecule has 4 heteroatoms. The molecule has 3 atom stereocenters. The van der Waals surface area contributed by atoms with Crippen LogP contribution in [0.3, 0.4) is 0 Å². The number of carbonyl (C=O) groups excluding carboxylic acids is 1. The van der Waals surface area contributed by atoms with Gasteiger partial charge in [-0.15, -0.1) is 0 Å². The fraction of sp³-hybridized carbons (Fsp3) is 0.471. The molecule has 2 heterocycles. The molecule has 3 N–H and O–H groups in total. The number of aromatic amines is 1. The average Bonchev–Trinajstić information content (AvgIpc) is 2.84. The number of hydrogen-bond donors (Lipinski definition) is 2. The van der Waals surface area contributed by atoms with E-state index in [1.54, 1.807) is 0 Å². The summed E-state index contributed by atoms with van der Waals surface area (Å²) in [7, 11) is 2.18. The summed E-state index contributed by atoms with van der Waals surface area (Å²) in [6.07, 6.45) is 4.83. The normalized spacial score (nSPS) is 28.5. The van der Waals surface area contributed by atoms with Crippen molar-refractivity contribution in [1.29, 1.82) is 0 Å². The van der Waals surface area contributed by atoms with E-state index in [-0.39, 0.29) is 5.91 Å². The third kappa shape index (κ3) is 1.97. The van der Waals surface area contributed by atoms with Crippen LogP contribution in [0.25, 0.3) is 10.9 Å². The molecule has 21 heavy (non-hydrogen) atoms. The molecule has 0 bridgehead atoms. The number of benzene rings is 1. The van der Waals surface area contributed by atoms with Gasteiger partial charge in [0.15, 0.2) is 0 Å². The Bertz CT molecular complexity index is 705. The number of primary amides is 1. The molecular formula is C17H21N3O. The molecule has 0 saturated carbocycles. The molecule has 1 unspecified atom stereocenters. The van der Waals surface area contributed by atoms with E-state index in [4.69, 9.17) is 5.73 Å². The highest BCUT2D eigenvalue weighted by atomic mass is 16.1. The predicted molar refractivity (Wildman–Crippen MR) is 83.1 cm³/mol. The highest BCUT2D eigenvalue weighted by Crippen LogP contribution is 2.44. The van der Waals surface area contributed by atoms with Gasteiger partial charge in [-0.25, -0.2) is 0 Å². The second kappa shape index (κ2) is 4.60. The van der Waals surface area contributed by atoms with Gasteiger partial charge in [0.25, 0.3) is 0 Å². The smallest absolute Gasteiger partial charge is 0.217 e. The summed E-state index contributed by atoms with van der Waals surface area (Å²) in [5.41, 5.74) is 9.53. The van der Waals surface area contributed by atoms with Crippen LogP contribution in [0.2, 0.25) is 0 Å². The van der Waals surface area contributed by atoms with Crippen molar-refractivity contribution in [2.45, 2.75) is 31.2 Å². The molecule has 1 aromatic heterocycles. The Morgan fingerprint density at radius 2 is 2.33 bits per heavy atom. The number of carbonyl (C=O) groups is 1. The monoisotopic (exact) mass is 283 g/mol. The number of fused-ring (bicyclic) bond motifs is 2. The Labute approximate surface area is 124 Å². The maximum atomic E-state index is 11.3.